The van der Waals surface area contributed by atoms with Gasteiger partial charge in [-0.25, -0.2) is 4.39 Å². The molecule has 5 atom stereocenters. The highest BCUT2D eigenvalue weighted by Crippen LogP contribution is 2.22. The Morgan fingerprint density at radius 3 is 2.42 bits per heavy atom. The molecule has 1 fully saturated rings. The van der Waals surface area contributed by atoms with Crippen molar-refractivity contribution in [3.63, 3.8) is 0 Å². The van der Waals surface area contributed by atoms with Crippen molar-refractivity contribution in [1.29, 1.82) is 0 Å². The van der Waals surface area contributed by atoms with Crippen molar-refractivity contribution in [3.8, 4) is 0 Å². The zero-order valence-corrected chi connectivity index (χ0v) is 6.72. The van der Waals surface area contributed by atoms with Gasteiger partial charge in [-0.05, 0) is 6.92 Å². The summed E-state index contributed by atoms with van der Waals surface area (Å²) in [5.41, 5.74) is 0. The highest BCUT2D eigenvalue weighted by molar-refractivity contribution is 4.90. The first-order valence-corrected chi connectivity index (χ1v) is 3.84. The molecule has 1 saturated heterocycles. The summed E-state index contributed by atoms with van der Waals surface area (Å²) in [7, 11) is 0. The highest BCUT2D eigenvalue weighted by Gasteiger charge is 2.42. The smallest absolute Gasteiger partial charge is 0.154 e. The molecule has 1 aliphatic rings. The number of aliphatic hydroxyl groups excluding tert-OH is 3. The second-order valence-corrected chi connectivity index (χ2v) is 2.99. The third-order valence-corrected chi connectivity index (χ3v) is 2.07. The van der Waals surface area contributed by atoms with Crippen molar-refractivity contribution >= 4 is 0 Å². The van der Waals surface area contributed by atoms with Gasteiger partial charge in [-0.2, -0.15) is 0 Å². The number of ether oxygens (including phenoxy) is 1. The molecule has 0 radical (unpaired) electrons. The standard InChI is InChI=1S/C7H13FO4/c1-3-5(8)7(11)6(10)4(2-9)12-3/h3-7,9-11H,2H2,1H3/t3?,4-,5+,6-,7-/m1/s1. The van der Waals surface area contributed by atoms with Crippen LogP contribution in [0.15, 0.2) is 0 Å². The molecule has 0 amide bonds. The van der Waals surface area contributed by atoms with Crippen LogP contribution >= 0.6 is 0 Å². The van der Waals surface area contributed by atoms with Gasteiger partial charge in [-0.1, -0.05) is 0 Å². The van der Waals surface area contributed by atoms with E-state index in [1.807, 2.05) is 0 Å². The van der Waals surface area contributed by atoms with Crippen LogP contribution in [0.3, 0.4) is 0 Å². The predicted molar refractivity (Wildman–Crippen MR) is 38.3 cm³/mol. The van der Waals surface area contributed by atoms with Crippen LogP contribution in [0, 0.1) is 0 Å². The van der Waals surface area contributed by atoms with Crippen molar-refractivity contribution in [3.05, 3.63) is 0 Å². The average Bonchev–Trinajstić information content (AvgIpc) is 2.08. The SMILES string of the molecule is CC1O[C@H](CO)[C@@H](O)[C@H](O)[C@H]1F. The van der Waals surface area contributed by atoms with Crippen molar-refractivity contribution in [1.82, 2.24) is 0 Å². The number of hydrogen-bond donors (Lipinski definition) is 3. The number of alkyl halides is 1. The largest absolute Gasteiger partial charge is 0.394 e. The van der Waals surface area contributed by atoms with Crippen LogP contribution < -0.4 is 0 Å². The van der Waals surface area contributed by atoms with Crippen LogP contribution in [0.1, 0.15) is 6.92 Å². The summed E-state index contributed by atoms with van der Waals surface area (Å²) in [6.07, 6.45) is -6.09. The van der Waals surface area contributed by atoms with Gasteiger partial charge in [0.1, 0.15) is 18.3 Å². The van der Waals surface area contributed by atoms with Crippen molar-refractivity contribution < 1.29 is 24.4 Å². The third kappa shape index (κ3) is 1.59. The lowest BCUT2D eigenvalue weighted by atomic mass is 9.97. The molecule has 0 spiro atoms. The van der Waals surface area contributed by atoms with Gasteiger partial charge in [0.25, 0.3) is 0 Å². The van der Waals surface area contributed by atoms with E-state index in [9.17, 15) is 4.39 Å². The zero-order valence-electron chi connectivity index (χ0n) is 6.72. The average molecular weight is 180 g/mol. The van der Waals surface area contributed by atoms with E-state index >= 15 is 0 Å². The van der Waals surface area contributed by atoms with Crippen molar-refractivity contribution in [2.45, 2.75) is 37.5 Å². The Hall–Kier alpha value is -0.230. The summed E-state index contributed by atoms with van der Waals surface area (Å²) in [5, 5.41) is 26.9. The lowest BCUT2D eigenvalue weighted by molar-refractivity contribution is -0.207. The highest BCUT2D eigenvalue weighted by atomic mass is 19.1. The van der Waals surface area contributed by atoms with Crippen molar-refractivity contribution in [2.75, 3.05) is 6.61 Å². The van der Waals surface area contributed by atoms with Gasteiger partial charge in [-0.3, -0.25) is 0 Å². The van der Waals surface area contributed by atoms with Crippen LogP contribution in [0.25, 0.3) is 0 Å². The molecule has 12 heavy (non-hydrogen) atoms. The molecule has 4 nitrogen and oxygen atoms in total. The molecule has 0 aromatic heterocycles. The maximum atomic E-state index is 12.9. The minimum absolute atomic E-state index is 0.421. The van der Waals surface area contributed by atoms with Gasteiger partial charge in [0, 0.05) is 0 Å². The first-order valence-electron chi connectivity index (χ1n) is 3.84. The Morgan fingerprint density at radius 1 is 1.33 bits per heavy atom. The first kappa shape index (κ1) is 9.85. The van der Waals surface area contributed by atoms with Gasteiger partial charge < -0.3 is 20.1 Å². The van der Waals surface area contributed by atoms with Crippen LogP contribution in [-0.2, 0) is 4.74 Å². The molecule has 1 unspecified atom stereocenters. The first-order chi connectivity index (χ1) is 5.57. The summed E-state index contributed by atoms with van der Waals surface area (Å²) in [6, 6.07) is 0. The number of aliphatic hydroxyl groups is 3. The summed E-state index contributed by atoms with van der Waals surface area (Å²) in [4.78, 5) is 0. The summed E-state index contributed by atoms with van der Waals surface area (Å²) in [5.74, 6) is 0. The molecule has 0 bridgehead atoms. The minimum atomic E-state index is -1.59. The fraction of sp³-hybridized carbons (Fsp3) is 1.00. The lowest BCUT2D eigenvalue weighted by Crippen LogP contribution is -2.56. The van der Waals surface area contributed by atoms with Gasteiger partial charge in [0.05, 0.1) is 12.7 Å². The van der Waals surface area contributed by atoms with E-state index in [1.54, 1.807) is 0 Å². The molecular weight excluding hydrogens is 167 g/mol. The molecule has 0 saturated carbocycles. The molecule has 3 N–H and O–H groups in total. The molecular formula is C7H13FO4. The zero-order chi connectivity index (χ0) is 9.30. The molecule has 1 heterocycles. The second kappa shape index (κ2) is 3.66. The molecule has 1 rings (SSSR count). The van der Waals surface area contributed by atoms with E-state index < -0.39 is 37.2 Å². The predicted octanol–water partition coefficient (Wildman–Crippen LogP) is -1.17. The Balaban J connectivity index is 2.63. The fourth-order valence-corrected chi connectivity index (χ4v) is 1.27. The quantitative estimate of drug-likeness (QED) is 0.475. The summed E-state index contributed by atoms with van der Waals surface area (Å²) >= 11 is 0. The summed E-state index contributed by atoms with van der Waals surface area (Å²) < 4.78 is 17.8. The van der Waals surface area contributed by atoms with E-state index in [4.69, 9.17) is 20.1 Å². The van der Waals surface area contributed by atoms with E-state index in [1.165, 1.54) is 6.92 Å². The Kier molecular flexibility index (Phi) is 3.00. The Labute approximate surface area is 69.6 Å². The third-order valence-electron chi connectivity index (χ3n) is 2.07. The monoisotopic (exact) mass is 180 g/mol. The van der Waals surface area contributed by atoms with Crippen LogP contribution in [0.5, 0.6) is 0 Å². The van der Waals surface area contributed by atoms with E-state index in [0.717, 1.165) is 0 Å². The maximum absolute atomic E-state index is 12.9. The van der Waals surface area contributed by atoms with E-state index in [-0.39, 0.29) is 0 Å². The van der Waals surface area contributed by atoms with Crippen LogP contribution in [0.2, 0.25) is 0 Å². The fourth-order valence-electron chi connectivity index (χ4n) is 1.27. The summed E-state index contributed by atoms with van der Waals surface area (Å²) in [6.45, 7) is 1.03. The Bertz CT molecular complexity index is 150. The van der Waals surface area contributed by atoms with E-state index in [0.29, 0.717) is 0 Å². The second-order valence-electron chi connectivity index (χ2n) is 2.99. The van der Waals surface area contributed by atoms with Crippen LogP contribution in [-0.4, -0.2) is 52.5 Å². The molecule has 5 heteroatoms. The molecule has 72 valence electrons. The van der Waals surface area contributed by atoms with E-state index in [2.05, 4.69) is 0 Å². The minimum Gasteiger partial charge on any atom is -0.394 e. The maximum Gasteiger partial charge on any atom is 0.154 e. The molecule has 0 aliphatic carbocycles. The number of hydrogen-bond acceptors (Lipinski definition) is 4. The number of halogens is 1. The topological polar surface area (TPSA) is 69.9 Å². The molecule has 0 aromatic carbocycles. The van der Waals surface area contributed by atoms with Crippen LogP contribution in [0.4, 0.5) is 4.39 Å². The van der Waals surface area contributed by atoms with Gasteiger partial charge >= 0.3 is 0 Å². The number of rotatable bonds is 1. The van der Waals surface area contributed by atoms with Gasteiger partial charge in [-0.15, -0.1) is 0 Å². The molecule has 1 aliphatic heterocycles. The normalized spacial score (nSPS) is 49.2. The van der Waals surface area contributed by atoms with Crippen molar-refractivity contribution in [2.24, 2.45) is 0 Å². The van der Waals surface area contributed by atoms with Gasteiger partial charge in [0.15, 0.2) is 6.17 Å². The Morgan fingerprint density at radius 2 is 1.92 bits per heavy atom. The molecule has 0 aromatic rings. The van der Waals surface area contributed by atoms with Gasteiger partial charge in [0.2, 0.25) is 0 Å². The lowest BCUT2D eigenvalue weighted by Gasteiger charge is -2.37.